The molecule has 0 aliphatic rings. The molecule has 0 saturated carbocycles. The summed E-state index contributed by atoms with van der Waals surface area (Å²) in [6.07, 6.45) is 3.06. The second kappa shape index (κ2) is 9.72. The van der Waals surface area contributed by atoms with Gasteiger partial charge in [0, 0.05) is 6.54 Å². The molecular weight excluding hydrogens is 222 g/mol. The number of allylic oxidation sites excluding steroid dienone is 1. The second-order valence-corrected chi connectivity index (χ2v) is 3.46. The SMILES string of the molecule is C=CC(=O)NCCCOC(=CC)OCC(C)O. The van der Waals surface area contributed by atoms with E-state index in [9.17, 15) is 4.79 Å². The van der Waals surface area contributed by atoms with Crippen LogP contribution in [-0.4, -0.2) is 36.9 Å². The molecule has 0 aliphatic heterocycles. The van der Waals surface area contributed by atoms with Crippen LogP contribution in [-0.2, 0) is 14.3 Å². The Balaban J connectivity index is 3.57. The van der Waals surface area contributed by atoms with Crippen LogP contribution >= 0.6 is 0 Å². The van der Waals surface area contributed by atoms with E-state index in [1.54, 1.807) is 19.9 Å². The van der Waals surface area contributed by atoms with Gasteiger partial charge in [-0.1, -0.05) is 6.58 Å². The first-order valence-electron chi connectivity index (χ1n) is 5.60. The van der Waals surface area contributed by atoms with E-state index in [1.807, 2.05) is 0 Å². The van der Waals surface area contributed by atoms with Crippen molar-refractivity contribution in [3.8, 4) is 0 Å². The Labute approximate surface area is 102 Å². The van der Waals surface area contributed by atoms with Crippen molar-refractivity contribution >= 4 is 5.91 Å². The van der Waals surface area contributed by atoms with E-state index in [0.717, 1.165) is 0 Å². The summed E-state index contributed by atoms with van der Waals surface area (Å²) in [5.74, 6) is 0.197. The monoisotopic (exact) mass is 243 g/mol. The molecule has 0 aromatic heterocycles. The predicted octanol–water partition coefficient (Wildman–Crippen LogP) is 0.954. The maximum atomic E-state index is 10.8. The Kier molecular flexibility index (Phi) is 8.86. The average Bonchev–Trinajstić information content (AvgIpc) is 2.31. The van der Waals surface area contributed by atoms with Gasteiger partial charge >= 0.3 is 0 Å². The zero-order valence-corrected chi connectivity index (χ0v) is 10.4. The zero-order valence-electron chi connectivity index (χ0n) is 10.4. The first kappa shape index (κ1) is 15.5. The molecule has 0 aromatic rings. The average molecular weight is 243 g/mol. The van der Waals surface area contributed by atoms with E-state index in [2.05, 4.69) is 11.9 Å². The minimum atomic E-state index is -0.527. The third-order valence-electron chi connectivity index (χ3n) is 1.75. The molecule has 0 fully saturated rings. The van der Waals surface area contributed by atoms with E-state index in [4.69, 9.17) is 14.6 Å². The van der Waals surface area contributed by atoms with Crippen LogP contribution in [0.3, 0.4) is 0 Å². The summed E-state index contributed by atoms with van der Waals surface area (Å²) in [7, 11) is 0. The highest BCUT2D eigenvalue weighted by atomic mass is 16.7. The van der Waals surface area contributed by atoms with E-state index < -0.39 is 6.10 Å². The van der Waals surface area contributed by atoms with Crippen LogP contribution < -0.4 is 5.32 Å². The standard InChI is InChI=1S/C12H21NO4/c1-4-11(15)13-7-6-8-16-12(5-2)17-9-10(3)14/h4-5,10,14H,1,6-9H2,2-3H3,(H,13,15). The number of aliphatic hydroxyl groups excluding tert-OH is 1. The molecule has 1 atom stereocenters. The summed E-state index contributed by atoms with van der Waals surface area (Å²) in [6.45, 7) is 7.94. The summed E-state index contributed by atoms with van der Waals surface area (Å²) in [6, 6.07) is 0. The number of hydrogen-bond acceptors (Lipinski definition) is 4. The highest BCUT2D eigenvalue weighted by molar-refractivity contribution is 5.86. The number of rotatable bonds is 9. The van der Waals surface area contributed by atoms with Gasteiger partial charge in [-0.25, -0.2) is 0 Å². The van der Waals surface area contributed by atoms with Gasteiger partial charge in [0.25, 0.3) is 5.95 Å². The largest absolute Gasteiger partial charge is 0.466 e. The van der Waals surface area contributed by atoms with Crippen LogP contribution in [0.25, 0.3) is 0 Å². The van der Waals surface area contributed by atoms with E-state index in [1.165, 1.54) is 6.08 Å². The Morgan fingerprint density at radius 2 is 2.24 bits per heavy atom. The van der Waals surface area contributed by atoms with Gasteiger partial charge in [0.05, 0.1) is 12.7 Å². The molecular formula is C12H21NO4. The molecule has 2 N–H and O–H groups in total. The van der Waals surface area contributed by atoms with Crippen molar-refractivity contribution in [3.63, 3.8) is 0 Å². The van der Waals surface area contributed by atoms with Crippen molar-refractivity contribution in [2.24, 2.45) is 0 Å². The number of aliphatic hydroxyl groups is 1. The van der Waals surface area contributed by atoms with Gasteiger partial charge in [0.2, 0.25) is 5.91 Å². The lowest BCUT2D eigenvalue weighted by Crippen LogP contribution is -2.23. The molecule has 17 heavy (non-hydrogen) atoms. The first-order valence-corrected chi connectivity index (χ1v) is 5.60. The fraction of sp³-hybridized carbons (Fsp3) is 0.583. The van der Waals surface area contributed by atoms with E-state index in [0.29, 0.717) is 25.5 Å². The molecule has 0 bridgehead atoms. The van der Waals surface area contributed by atoms with Gasteiger partial charge in [-0.15, -0.1) is 0 Å². The minimum absolute atomic E-state index is 0.193. The molecule has 1 unspecified atom stereocenters. The first-order chi connectivity index (χ1) is 8.10. The number of carbonyl (C=O) groups excluding carboxylic acids is 1. The van der Waals surface area contributed by atoms with Crippen LogP contribution in [0, 0.1) is 0 Å². The number of hydrogen-bond donors (Lipinski definition) is 2. The lowest BCUT2D eigenvalue weighted by atomic mass is 10.4. The molecule has 0 rings (SSSR count). The van der Waals surface area contributed by atoms with Gasteiger partial charge in [-0.05, 0) is 32.4 Å². The Hall–Kier alpha value is -1.49. The van der Waals surface area contributed by atoms with Gasteiger partial charge in [-0.2, -0.15) is 0 Å². The Morgan fingerprint density at radius 1 is 1.53 bits per heavy atom. The molecule has 0 aromatic carbocycles. The normalized spacial score (nSPS) is 12.8. The van der Waals surface area contributed by atoms with Gasteiger partial charge in [-0.3, -0.25) is 4.79 Å². The molecule has 1 amide bonds. The third kappa shape index (κ3) is 9.44. The second-order valence-electron chi connectivity index (χ2n) is 3.46. The molecule has 0 radical (unpaired) electrons. The highest BCUT2D eigenvalue weighted by Gasteiger charge is 2.01. The molecule has 0 spiro atoms. The third-order valence-corrected chi connectivity index (χ3v) is 1.75. The summed E-state index contributed by atoms with van der Waals surface area (Å²) < 4.78 is 10.5. The maximum absolute atomic E-state index is 10.8. The van der Waals surface area contributed by atoms with Crippen LogP contribution in [0.15, 0.2) is 24.7 Å². The smallest absolute Gasteiger partial charge is 0.274 e. The summed E-state index contributed by atoms with van der Waals surface area (Å²) in [5, 5.41) is 11.7. The number of carbonyl (C=O) groups is 1. The molecule has 5 heteroatoms. The fourth-order valence-corrected chi connectivity index (χ4v) is 0.940. The Bertz CT molecular complexity index is 261. The molecule has 0 aliphatic carbocycles. The van der Waals surface area contributed by atoms with Crippen LogP contribution in [0.1, 0.15) is 20.3 Å². The van der Waals surface area contributed by atoms with Crippen molar-refractivity contribution in [1.82, 2.24) is 5.32 Å². The number of nitrogens with one attached hydrogen (secondary N) is 1. The van der Waals surface area contributed by atoms with Crippen molar-refractivity contribution in [2.45, 2.75) is 26.4 Å². The minimum Gasteiger partial charge on any atom is -0.466 e. The zero-order chi connectivity index (χ0) is 13.1. The van der Waals surface area contributed by atoms with Crippen molar-refractivity contribution in [1.29, 1.82) is 0 Å². The molecule has 0 heterocycles. The van der Waals surface area contributed by atoms with Crippen LogP contribution in [0.5, 0.6) is 0 Å². The molecule has 5 nitrogen and oxygen atoms in total. The van der Waals surface area contributed by atoms with E-state index in [-0.39, 0.29) is 12.5 Å². The lowest BCUT2D eigenvalue weighted by molar-refractivity contribution is -0.116. The van der Waals surface area contributed by atoms with Crippen LogP contribution in [0.2, 0.25) is 0 Å². The van der Waals surface area contributed by atoms with Gasteiger partial charge < -0.3 is 19.9 Å². The lowest BCUT2D eigenvalue weighted by Gasteiger charge is -2.12. The summed E-state index contributed by atoms with van der Waals surface area (Å²) in [4.78, 5) is 10.8. The van der Waals surface area contributed by atoms with Gasteiger partial charge in [0.1, 0.15) is 6.61 Å². The van der Waals surface area contributed by atoms with Crippen molar-refractivity contribution in [2.75, 3.05) is 19.8 Å². The van der Waals surface area contributed by atoms with Crippen LogP contribution in [0.4, 0.5) is 0 Å². The topological polar surface area (TPSA) is 67.8 Å². The molecule has 0 saturated heterocycles. The predicted molar refractivity (Wildman–Crippen MR) is 65.2 cm³/mol. The van der Waals surface area contributed by atoms with Crippen molar-refractivity contribution in [3.05, 3.63) is 24.7 Å². The highest BCUT2D eigenvalue weighted by Crippen LogP contribution is 2.01. The maximum Gasteiger partial charge on any atom is 0.274 e. The van der Waals surface area contributed by atoms with Gasteiger partial charge in [0.15, 0.2) is 0 Å². The fourth-order valence-electron chi connectivity index (χ4n) is 0.940. The quantitative estimate of drug-likeness (QED) is 0.359. The number of amides is 1. The molecule has 98 valence electrons. The van der Waals surface area contributed by atoms with E-state index >= 15 is 0 Å². The Morgan fingerprint density at radius 3 is 2.76 bits per heavy atom. The van der Waals surface area contributed by atoms with Crippen molar-refractivity contribution < 1.29 is 19.4 Å². The number of ether oxygens (including phenoxy) is 2. The summed E-state index contributed by atoms with van der Waals surface area (Å²) >= 11 is 0. The summed E-state index contributed by atoms with van der Waals surface area (Å²) in [5.41, 5.74) is 0.